The van der Waals surface area contributed by atoms with E-state index in [1.165, 1.54) is 23.9 Å². The topological polar surface area (TPSA) is 80.1 Å². The van der Waals surface area contributed by atoms with E-state index in [9.17, 15) is 22.8 Å². The molecule has 0 bridgehead atoms. The molecule has 7 nitrogen and oxygen atoms in total. The van der Waals surface area contributed by atoms with Crippen LogP contribution >= 0.6 is 0 Å². The van der Waals surface area contributed by atoms with Crippen molar-refractivity contribution >= 4 is 17.5 Å². The number of amides is 2. The highest BCUT2D eigenvalue weighted by Gasteiger charge is 2.33. The highest BCUT2D eigenvalue weighted by molar-refractivity contribution is 5.95. The van der Waals surface area contributed by atoms with Gasteiger partial charge in [-0.3, -0.25) is 9.59 Å². The molecular formula is C21H20F3N5O2. The Hall–Kier alpha value is -3.69. The molecule has 0 radical (unpaired) electrons. The Kier molecular flexibility index (Phi) is 6.38. The number of nitrogens with zero attached hydrogens (tertiary/aromatic N) is 4. The Morgan fingerprint density at radius 3 is 2.39 bits per heavy atom. The zero-order valence-electron chi connectivity index (χ0n) is 16.8. The molecule has 0 saturated carbocycles. The van der Waals surface area contributed by atoms with Crippen molar-refractivity contribution in [3.8, 4) is 11.4 Å². The number of likely N-dealkylation sites (N-methyl/N-ethyl adjacent to an activating group) is 1. The maximum absolute atomic E-state index is 13.1. The number of aromatic nitrogens is 3. The first kappa shape index (κ1) is 22.0. The summed E-state index contributed by atoms with van der Waals surface area (Å²) >= 11 is 0. The van der Waals surface area contributed by atoms with Crippen LogP contribution < -0.4 is 5.32 Å². The third kappa shape index (κ3) is 5.47. The number of carbonyl (C=O) groups is 2. The fourth-order valence-corrected chi connectivity index (χ4v) is 2.95. The van der Waals surface area contributed by atoms with Crippen LogP contribution in [0.3, 0.4) is 0 Å². The summed E-state index contributed by atoms with van der Waals surface area (Å²) in [7, 11) is 1.39. The van der Waals surface area contributed by atoms with E-state index in [0.717, 1.165) is 22.6 Å². The maximum Gasteiger partial charge on any atom is 0.418 e. The lowest BCUT2D eigenvalue weighted by Crippen LogP contribution is -2.37. The van der Waals surface area contributed by atoms with Crippen molar-refractivity contribution in [3.63, 3.8) is 0 Å². The predicted molar refractivity (Wildman–Crippen MR) is 108 cm³/mol. The van der Waals surface area contributed by atoms with Crippen LogP contribution in [0.4, 0.5) is 18.9 Å². The SMILES string of the molecule is Cc1nc(-c2ccccc2)n(CC(=O)N(C)CC(=O)Nc2ccccc2C(F)(F)F)n1. The summed E-state index contributed by atoms with van der Waals surface area (Å²) < 4.78 is 40.7. The lowest BCUT2D eigenvalue weighted by Gasteiger charge is -2.18. The smallest absolute Gasteiger partial charge is 0.335 e. The number of para-hydroxylation sites is 1. The van der Waals surface area contributed by atoms with Crippen LogP contribution in [-0.4, -0.2) is 45.1 Å². The molecule has 3 aromatic rings. The zero-order chi connectivity index (χ0) is 22.6. The average molecular weight is 431 g/mol. The van der Waals surface area contributed by atoms with E-state index in [1.807, 2.05) is 30.3 Å². The van der Waals surface area contributed by atoms with E-state index in [1.54, 1.807) is 6.92 Å². The van der Waals surface area contributed by atoms with Gasteiger partial charge < -0.3 is 10.2 Å². The molecular weight excluding hydrogens is 411 g/mol. The van der Waals surface area contributed by atoms with E-state index in [2.05, 4.69) is 15.4 Å². The van der Waals surface area contributed by atoms with Crippen LogP contribution in [0.5, 0.6) is 0 Å². The van der Waals surface area contributed by atoms with E-state index in [4.69, 9.17) is 0 Å². The molecule has 2 amide bonds. The van der Waals surface area contributed by atoms with Gasteiger partial charge >= 0.3 is 6.18 Å². The minimum Gasteiger partial charge on any atom is -0.335 e. The molecule has 162 valence electrons. The number of hydrogen-bond acceptors (Lipinski definition) is 4. The summed E-state index contributed by atoms with van der Waals surface area (Å²) in [6, 6.07) is 13.8. The van der Waals surface area contributed by atoms with Crippen molar-refractivity contribution < 1.29 is 22.8 Å². The van der Waals surface area contributed by atoms with Crippen molar-refractivity contribution in [2.75, 3.05) is 18.9 Å². The van der Waals surface area contributed by atoms with Crippen molar-refractivity contribution in [2.45, 2.75) is 19.6 Å². The quantitative estimate of drug-likeness (QED) is 0.649. The Balaban J connectivity index is 1.67. The number of hydrogen-bond donors (Lipinski definition) is 1. The molecule has 0 aliphatic rings. The molecule has 1 heterocycles. The molecule has 1 aromatic heterocycles. The number of anilines is 1. The van der Waals surface area contributed by atoms with E-state index < -0.39 is 30.1 Å². The summed E-state index contributed by atoms with van der Waals surface area (Å²) in [5.41, 5.74) is -0.540. The van der Waals surface area contributed by atoms with Crippen LogP contribution in [0.25, 0.3) is 11.4 Å². The average Bonchev–Trinajstić information content (AvgIpc) is 3.08. The summed E-state index contributed by atoms with van der Waals surface area (Å²) in [4.78, 5) is 30.3. The van der Waals surface area contributed by atoms with Gasteiger partial charge in [0.25, 0.3) is 0 Å². The van der Waals surface area contributed by atoms with Gasteiger partial charge in [-0.2, -0.15) is 18.3 Å². The molecule has 0 unspecified atom stereocenters. The first-order valence-corrected chi connectivity index (χ1v) is 9.32. The van der Waals surface area contributed by atoms with Crippen molar-refractivity contribution in [1.82, 2.24) is 19.7 Å². The summed E-state index contributed by atoms with van der Waals surface area (Å²) in [6.45, 7) is 1.11. The largest absolute Gasteiger partial charge is 0.418 e. The molecule has 2 aromatic carbocycles. The second-order valence-corrected chi connectivity index (χ2v) is 6.85. The van der Waals surface area contributed by atoms with E-state index in [0.29, 0.717) is 11.6 Å². The normalized spacial score (nSPS) is 11.3. The second-order valence-electron chi connectivity index (χ2n) is 6.85. The predicted octanol–water partition coefficient (Wildman–Crippen LogP) is 3.37. The number of carbonyl (C=O) groups excluding carboxylic acids is 2. The van der Waals surface area contributed by atoms with Gasteiger partial charge in [-0.25, -0.2) is 9.67 Å². The van der Waals surface area contributed by atoms with Gasteiger partial charge in [0, 0.05) is 12.6 Å². The van der Waals surface area contributed by atoms with Gasteiger partial charge in [0.15, 0.2) is 5.82 Å². The van der Waals surface area contributed by atoms with Gasteiger partial charge in [0.1, 0.15) is 12.4 Å². The Labute approximate surface area is 176 Å². The monoisotopic (exact) mass is 431 g/mol. The minimum atomic E-state index is -4.61. The second kappa shape index (κ2) is 8.99. The third-order valence-electron chi connectivity index (χ3n) is 4.41. The van der Waals surface area contributed by atoms with Crippen LogP contribution in [0.1, 0.15) is 11.4 Å². The fourth-order valence-electron chi connectivity index (χ4n) is 2.95. The molecule has 10 heteroatoms. The number of halogens is 3. The molecule has 0 saturated heterocycles. The number of rotatable bonds is 6. The zero-order valence-corrected chi connectivity index (χ0v) is 16.8. The van der Waals surface area contributed by atoms with Gasteiger partial charge in [-0.05, 0) is 19.1 Å². The van der Waals surface area contributed by atoms with E-state index >= 15 is 0 Å². The number of aryl methyl sites for hydroxylation is 1. The molecule has 3 rings (SSSR count). The molecule has 1 N–H and O–H groups in total. The maximum atomic E-state index is 13.1. The first-order chi connectivity index (χ1) is 14.6. The molecule has 0 aliphatic carbocycles. The first-order valence-electron chi connectivity index (χ1n) is 9.32. The Morgan fingerprint density at radius 2 is 1.71 bits per heavy atom. The summed E-state index contributed by atoms with van der Waals surface area (Å²) in [5.74, 6) is -0.203. The number of nitrogens with one attached hydrogen (secondary N) is 1. The standard InChI is InChI=1S/C21H20F3N5O2/c1-14-25-20(15-8-4-3-5-9-15)29(27-14)13-19(31)28(2)12-18(30)26-17-11-7-6-10-16(17)21(22,23)24/h3-11H,12-13H2,1-2H3,(H,26,30). The van der Waals surface area contributed by atoms with Crippen LogP contribution in [0, 0.1) is 6.92 Å². The van der Waals surface area contributed by atoms with Gasteiger partial charge in [-0.15, -0.1) is 0 Å². The molecule has 0 spiro atoms. The lowest BCUT2D eigenvalue weighted by atomic mass is 10.1. The highest BCUT2D eigenvalue weighted by Crippen LogP contribution is 2.34. The Bertz CT molecular complexity index is 1080. The van der Waals surface area contributed by atoms with Crippen molar-refractivity contribution in [2.24, 2.45) is 0 Å². The number of alkyl halides is 3. The van der Waals surface area contributed by atoms with Crippen molar-refractivity contribution in [1.29, 1.82) is 0 Å². The van der Waals surface area contributed by atoms with Crippen molar-refractivity contribution in [3.05, 3.63) is 66.0 Å². The molecule has 31 heavy (non-hydrogen) atoms. The minimum absolute atomic E-state index is 0.173. The fraction of sp³-hybridized carbons (Fsp3) is 0.238. The third-order valence-corrected chi connectivity index (χ3v) is 4.41. The summed E-state index contributed by atoms with van der Waals surface area (Å²) in [5, 5.41) is 6.45. The summed E-state index contributed by atoms with van der Waals surface area (Å²) in [6.07, 6.45) is -4.61. The van der Waals surface area contributed by atoms with Gasteiger partial charge in [-0.1, -0.05) is 42.5 Å². The Morgan fingerprint density at radius 1 is 1.06 bits per heavy atom. The molecule has 0 atom stereocenters. The molecule has 0 fully saturated rings. The number of benzene rings is 2. The van der Waals surface area contributed by atoms with Gasteiger partial charge in [0.05, 0.1) is 17.8 Å². The lowest BCUT2D eigenvalue weighted by molar-refractivity contribution is -0.137. The van der Waals surface area contributed by atoms with Gasteiger partial charge in [0.2, 0.25) is 11.8 Å². The van der Waals surface area contributed by atoms with Crippen LogP contribution in [-0.2, 0) is 22.3 Å². The highest BCUT2D eigenvalue weighted by atomic mass is 19.4. The van der Waals surface area contributed by atoms with E-state index in [-0.39, 0.29) is 12.2 Å². The van der Waals surface area contributed by atoms with Crippen LogP contribution in [0.15, 0.2) is 54.6 Å². The van der Waals surface area contributed by atoms with Crippen LogP contribution in [0.2, 0.25) is 0 Å². The molecule has 0 aliphatic heterocycles.